The molecule has 0 bridgehead atoms. The molecule has 3 N–H and O–H groups in total. The number of rotatable bonds is 5. The number of hydrogen-bond donors (Lipinski definition) is 2. The molecule has 1 heterocycles. The van der Waals surface area contributed by atoms with E-state index >= 15 is 0 Å². The second-order valence-corrected chi connectivity index (χ2v) is 3.45. The third kappa shape index (κ3) is 3.58. The zero-order chi connectivity index (χ0) is 11.3. The van der Waals surface area contributed by atoms with E-state index < -0.39 is 0 Å². The number of aromatic nitrogens is 1. The van der Waals surface area contributed by atoms with Crippen LogP contribution in [0.4, 0.5) is 0 Å². The topological polar surface area (TPSA) is 72.0 Å². The smallest absolute Gasteiger partial charge is 0.214 e. The molecule has 0 aliphatic heterocycles. The molecule has 1 rings (SSSR count). The fourth-order valence-corrected chi connectivity index (χ4v) is 1.19. The van der Waals surface area contributed by atoms with Crippen LogP contribution in [0, 0.1) is 12.3 Å². The second kappa shape index (κ2) is 5.34. The van der Waals surface area contributed by atoms with Gasteiger partial charge in [-0.05, 0) is 19.4 Å². The van der Waals surface area contributed by atoms with Gasteiger partial charge in [-0.3, -0.25) is 5.41 Å². The number of nitrogens with one attached hydrogen (secondary N) is 1. The second-order valence-electron chi connectivity index (χ2n) is 3.45. The van der Waals surface area contributed by atoms with Gasteiger partial charge >= 0.3 is 0 Å². The molecule has 0 saturated heterocycles. The summed E-state index contributed by atoms with van der Waals surface area (Å²) in [5, 5.41) is 7.34. The minimum absolute atomic E-state index is 0.0424. The van der Waals surface area contributed by atoms with E-state index in [2.05, 4.69) is 11.9 Å². The van der Waals surface area contributed by atoms with Crippen molar-refractivity contribution in [2.75, 3.05) is 6.61 Å². The van der Waals surface area contributed by atoms with E-state index in [1.807, 2.05) is 6.92 Å². The molecule has 0 aliphatic carbocycles. The Morgan fingerprint density at radius 1 is 1.53 bits per heavy atom. The Kier molecular flexibility index (Phi) is 4.09. The summed E-state index contributed by atoms with van der Waals surface area (Å²) in [6.07, 6.45) is 2.09. The fraction of sp³-hybridized carbons (Fsp3) is 0.455. The van der Waals surface area contributed by atoms with Crippen LogP contribution in [0.2, 0.25) is 0 Å². The number of nitrogen functional groups attached to an aromatic ring is 1. The fourth-order valence-electron chi connectivity index (χ4n) is 1.19. The summed E-state index contributed by atoms with van der Waals surface area (Å²) in [7, 11) is 0. The number of hydrogen-bond acceptors (Lipinski definition) is 3. The molecule has 0 radical (unpaired) electrons. The largest absolute Gasteiger partial charge is 0.478 e. The molecular formula is C11H17N3O. The molecule has 0 aromatic carbocycles. The molecule has 0 saturated carbocycles. The zero-order valence-electron chi connectivity index (χ0n) is 9.21. The SMILES string of the molecule is CCCCOc1cc(C(=N)N)cc(C)n1. The van der Waals surface area contributed by atoms with Crippen molar-refractivity contribution in [3.05, 3.63) is 23.4 Å². The molecule has 0 unspecified atom stereocenters. The van der Waals surface area contributed by atoms with Crippen LogP contribution in [0.5, 0.6) is 5.88 Å². The van der Waals surface area contributed by atoms with E-state index in [9.17, 15) is 0 Å². The summed E-state index contributed by atoms with van der Waals surface area (Å²) in [6.45, 7) is 4.62. The lowest BCUT2D eigenvalue weighted by atomic mass is 10.2. The van der Waals surface area contributed by atoms with Gasteiger partial charge in [0.2, 0.25) is 5.88 Å². The minimum atomic E-state index is 0.0424. The molecule has 0 amide bonds. The maximum atomic E-state index is 7.34. The summed E-state index contributed by atoms with van der Waals surface area (Å²) in [5.74, 6) is 0.592. The summed E-state index contributed by atoms with van der Waals surface area (Å²) >= 11 is 0. The molecule has 0 aliphatic rings. The number of amidine groups is 1. The van der Waals surface area contributed by atoms with Crippen molar-refractivity contribution in [3.8, 4) is 5.88 Å². The summed E-state index contributed by atoms with van der Waals surface area (Å²) in [5.41, 5.74) is 6.88. The molecule has 0 spiro atoms. The zero-order valence-corrected chi connectivity index (χ0v) is 9.21. The highest BCUT2D eigenvalue weighted by Gasteiger charge is 2.03. The van der Waals surface area contributed by atoms with E-state index in [-0.39, 0.29) is 5.84 Å². The van der Waals surface area contributed by atoms with E-state index in [0.29, 0.717) is 18.1 Å². The number of pyridine rings is 1. The van der Waals surface area contributed by atoms with Gasteiger partial charge in [-0.25, -0.2) is 4.98 Å². The average molecular weight is 207 g/mol. The van der Waals surface area contributed by atoms with Gasteiger partial charge in [0, 0.05) is 17.3 Å². The van der Waals surface area contributed by atoms with Crippen molar-refractivity contribution in [2.45, 2.75) is 26.7 Å². The van der Waals surface area contributed by atoms with Crippen molar-refractivity contribution < 1.29 is 4.74 Å². The quantitative estimate of drug-likeness (QED) is 0.439. The van der Waals surface area contributed by atoms with Crippen molar-refractivity contribution in [1.82, 2.24) is 4.98 Å². The molecule has 0 atom stereocenters. The van der Waals surface area contributed by atoms with Gasteiger partial charge in [0.1, 0.15) is 5.84 Å². The van der Waals surface area contributed by atoms with Gasteiger partial charge in [0.05, 0.1) is 6.61 Å². The maximum absolute atomic E-state index is 7.34. The molecule has 4 heteroatoms. The predicted octanol–water partition coefficient (Wildman–Crippen LogP) is 1.85. The molecule has 4 nitrogen and oxygen atoms in total. The molecule has 0 fully saturated rings. The highest BCUT2D eigenvalue weighted by atomic mass is 16.5. The summed E-state index contributed by atoms with van der Waals surface area (Å²) in [4.78, 5) is 4.21. The highest BCUT2D eigenvalue weighted by molar-refractivity contribution is 5.95. The lowest BCUT2D eigenvalue weighted by molar-refractivity contribution is 0.297. The van der Waals surface area contributed by atoms with Gasteiger partial charge < -0.3 is 10.5 Å². The lowest BCUT2D eigenvalue weighted by Crippen LogP contribution is -2.12. The van der Waals surface area contributed by atoms with Gasteiger partial charge in [-0.1, -0.05) is 13.3 Å². The number of nitrogens with zero attached hydrogens (tertiary/aromatic N) is 1. The van der Waals surface area contributed by atoms with Crippen LogP contribution in [-0.2, 0) is 0 Å². The van der Waals surface area contributed by atoms with E-state index in [0.717, 1.165) is 18.5 Å². The summed E-state index contributed by atoms with van der Waals surface area (Å²) < 4.78 is 5.45. The minimum Gasteiger partial charge on any atom is -0.478 e. The van der Waals surface area contributed by atoms with Crippen LogP contribution in [0.1, 0.15) is 31.0 Å². The average Bonchev–Trinajstić information content (AvgIpc) is 2.17. The lowest BCUT2D eigenvalue weighted by Gasteiger charge is -2.07. The Labute approximate surface area is 90.0 Å². The Balaban J connectivity index is 2.75. The van der Waals surface area contributed by atoms with Crippen molar-refractivity contribution in [1.29, 1.82) is 5.41 Å². The van der Waals surface area contributed by atoms with Crippen molar-refractivity contribution in [3.63, 3.8) is 0 Å². The summed E-state index contributed by atoms with van der Waals surface area (Å²) in [6, 6.07) is 3.47. The van der Waals surface area contributed by atoms with Crippen molar-refractivity contribution >= 4 is 5.84 Å². The number of unbranched alkanes of at least 4 members (excludes halogenated alkanes) is 1. The molecule has 15 heavy (non-hydrogen) atoms. The highest BCUT2D eigenvalue weighted by Crippen LogP contribution is 2.12. The third-order valence-electron chi connectivity index (χ3n) is 1.99. The van der Waals surface area contributed by atoms with E-state index in [4.69, 9.17) is 15.9 Å². The molecule has 1 aromatic rings. The molecular weight excluding hydrogens is 190 g/mol. The first-order chi connectivity index (χ1) is 7.13. The van der Waals surface area contributed by atoms with Crippen molar-refractivity contribution in [2.24, 2.45) is 5.73 Å². The number of ether oxygens (including phenoxy) is 1. The van der Waals surface area contributed by atoms with Gasteiger partial charge in [0.25, 0.3) is 0 Å². The first-order valence-corrected chi connectivity index (χ1v) is 5.09. The van der Waals surface area contributed by atoms with Crippen LogP contribution in [-0.4, -0.2) is 17.4 Å². The van der Waals surface area contributed by atoms with Gasteiger partial charge in [-0.2, -0.15) is 0 Å². The van der Waals surface area contributed by atoms with E-state index in [1.165, 1.54) is 0 Å². The maximum Gasteiger partial charge on any atom is 0.214 e. The van der Waals surface area contributed by atoms with Gasteiger partial charge in [0.15, 0.2) is 0 Å². The van der Waals surface area contributed by atoms with Crippen LogP contribution in [0.3, 0.4) is 0 Å². The van der Waals surface area contributed by atoms with Crippen LogP contribution in [0.15, 0.2) is 12.1 Å². The molecule has 82 valence electrons. The Bertz CT molecular complexity index is 350. The number of aryl methyl sites for hydroxylation is 1. The third-order valence-corrected chi connectivity index (χ3v) is 1.99. The Morgan fingerprint density at radius 2 is 2.27 bits per heavy atom. The number of nitrogens with two attached hydrogens (primary N) is 1. The standard InChI is InChI=1S/C11H17N3O/c1-3-4-5-15-10-7-9(11(12)13)6-8(2)14-10/h6-7H,3-5H2,1-2H3,(H3,12,13). The van der Waals surface area contributed by atoms with Crippen LogP contribution >= 0.6 is 0 Å². The molecule has 1 aromatic heterocycles. The van der Waals surface area contributed by atoms with Crippen LogP contribution in [0.25, 0.3) is 0 Å². The van der Waals surface area contributed by atoms with Crippen LogP contribution < -0.4 is 10.5 Å². The first kappa shape index (κ1) is 11.5. The Hall–Kier alpha value is -1.58. The van der Waals surface area contributed by atoms with Gasteiger partial charge in [-0.15, -0.1) is 0 Å². The first-order valence-electron chi connectivity index (χ1n) is 5.09. The Morgan fingerprint density at radius 3 is 2.87 bits per heavy atom. The van der Waals surface area contributed by atoms with E-state index in [1.54, 1.807) is 12.1 Å². The normalized spacial score (nSPS) is 10.0. The predicted molar refractivity (Wildman–Crippen MR) is 60.4 cm³/mol. The monoisotopic (exact) mass is 207 g/mol.